The van der Waals surface area contributed by atoms with Crippen molar-refractivity contribution in [2.75, 3.05) is 6.54 Å². The molecule has 2 N–H and O–H groups in total. The van der Waals surface area contributed by atoms with E-state index in [0.29, 0.717) is 5.56 Å². The number of amides is 1. The first-order valence-corrected chi connectivity index (χ1v) is 7.42. The smallest absolute Gasteiger partial charge is 0.408 e. The van der Waals surface area contributed by atoms with Gasteiger partial charge in [-0.05, 0) is 39.0 Å². The van der Waals surface area contributed by atoms with E-state index in [1.165, 1.54) is 12.1 Å². The Morgan fingerprint density at radius 1 is 1.28 bits per heavy atom. The topological polar surface area (TPSA) is 106 Å². The fourth-order valence-electron chi connectivity index (χ4n) is 1.92. The van der Waals surface area contributed by atoms with E-state index >= 15 is 0 Å². The lowest BCUT2D eigenvalue weighted by molar-refractivity contribution is 0.0534. The van der Waals surface area contributed by atoms with Crippen molar-refractivity contribution >= 4 is 23.0 Å². The highest BCUT2D eigenvalue weighted by molar-refractivity contribution is 5.87. The van der Waals surface area contributed by atoms with Crippen LogP contribution in [0.5, 0.6) is 0 Å². The highest BCUT2D eigenvalue weighted by Gasteiger charge is 2.15. The average molecular weight is 343 g/mol. The fraction of sp³-hybridized carbons (Fsp3) is 0.278. The molecule has 1 aromatic carbocycles. The van der Waals surface area contributed by atoms with Crippen molar-refractivity contribution in [3.8, 4) is 11.8 Å². The molecule has 2 aromatic rings. The lowest BCUT2D eigenvalue weighted by atomic mass is 10.1. The largest absolute Gasteiger partial charge is 0.475 e. The van der Waals surface area contributed by atoms with Gasteiger partial charge in [0, 0.05) is 11.6 Å². The van der Waals surface area contributed by atoms with E-state index in [1.807, 2.05) is 0 Å². The molecule has 2 rings (SSSR count). The van der Waals surface area contributed by atoms with Crippen molar-refractivity contribution in [3.63, 3.8) is 0 Å². The number of benzene rings is 1. The number of carboxylic acids is 1. The number of carbonyl (C=O) groups excluding carboxylic acids is 1. The van der Waals surface area contributed by atoms with Crippen LogP contribution in [0.1, 0.15) is 36.9 Å². The molecule has 1 aromatic heterocycles. The van der Waals surface area contributed by atoms with Gasteiger partial charge in [0.05, 0.1) is 11.9 Å². The number of hydrogen-bond acceptors (Lipinski definition) is 5. The van der Waals surface area contributed by atoms with E-state index in [0.717, 1.165) is 6.07 Å². The van der Waals surface area contributed by atoms with E-state index < -0.39 is 28.9 Å². The average Bonchev–Trinajstić information content (AvgIpc) is 2.50. The van der Waals surface area contributed by atoms with E-state index in [2.05, 4.69) is 17.2 Å². The molecule has 0 radical (unpaired) electrons. The summed E-state index contributed by atoms with van der Waals surface area (Å²) in [6, 6.07) is 5.51. The third kappa shape index (κ3) is 5.11. The number of rotatable bonds is 2. The SMILES string of the molecule is CC(C)(C)OC(=O)NCC#Cc1ccc2oc(C(=O)O)cc(=O)c2c1. The van der Waals surface area contributed by atoms with Crippen molar-refractivity contribution in [1.29, 1.82) is 0 Å². The molecule has 0 spiro atoms. The molecule has 25 heavy (non-hydrogen) atoms. The van der Waals surface area contributed by atoms with Crippen molar-refractivity contribution in [1.82, 2.24) is 5.32 Å². The molecule has 7 heteroatoms. The van der Waals surface area contributed by atoms with Crippen LogP contribution in [0.25, 0.3) is 11.0 Å². The van der Waals surface area contributed by atoms with Crippen LogP contribution in [0.4, 0.5) is 4.79 Å². The zero-order valence-electron chi connectivity index (χ0n) is 14.0. The van der Waals surface area contributed by atoms with Crippen molar-refractivity contribution in [2.45, 2.75) is 26.4 Å². The molecule has 0 aliphatic rings. The molecular weight excluding hydrogens is 326 g/mol. The maximum absolute atomic E-state index is 12.0. The number of aromatic carboxylic acids is 1. The molecule has 1 heterocycles. The highest BCUT2D eigenvalue weighted by Crippen LogP contribution is 2.14. The van der Waals surface area contributed by atoms with Gasteiger partial charge in [-0.2, -0.15) is 0 Å². The molecule has 0 saturated carbocycles. The van der Waals surface area contributed by atoms with E-state index in [9.17, 15) is 14.4 Å². The summed E-state index contributed by atoms with van der Waals surface area (Å²) in [5, 5.41) is 11.6. The monoisotopic (exact) mass is 343 g/mol. The lowest BCUT2D eigenvalue weighted by Crippen LogP contribution is -2.32. The Balaban J connectivity index is 2.12. The fourth-order valence-corrected chi connectivity index (χ4v) is 1.92. The molecule has 130 valence electrons. The summed E-state index contributed by atoms with van der Waals surface area (Å²) in [6.45, 7) is 5.36. The normalized spacial score (nSPS) is 10.7. The first kappa shape index (κ1) is 18.1. The molecule has 7 nitrogen and oxygen atoms in total. The molecule has 1 amide bonds. The van der Waals surface area contributed by atoms with Gasteiger partial charge in [-0.15, -0.1) is 0 Å². The van der Waals surface area contributed by atoms with Gasteiger partial charge in [-0.3, -0.25) is 4.79 Å². The molecule has 0 saturated heterocycles. The van der Waals surface area contributed by atoms with Crippen molar-refractivity contribution < 1.29 is 23.8 Å². The number of ether oxygens (including phenoxy) is 1. The van der Waals surface area contributed by atoms with Crippen LogP contribution in [-0.2, 0) is 4.74 Å². The Morgan fingerprint density at radius 2 is 2.00 bits per heavy atom. The molecular formula is C18H17NO6. The highest BCUT2D eigenvalue weighted by atomic mass is 16.6. The molecule has 0 aliphatic carbocycles. The molecule has 0 fully saturated rings. The van der Waals surface area contributed by atoms with Crippen LogP contribution in [0.2, 0.25) is 0 Å². The Kier molecular flexibility index (Phi) is 5.13. The van der Waals surface area contributed by atoms with Crippen LogP contribution < -0.4 is 10.7 Å². The first-order chi connectivity index (χ1) is 11.7. The van der Waals surface area contributed by atoms with E-state index in [1.54, 1.807) is 26.8 Å². The third-order valence-electron chi connectivity index (χ3n) is 2.89. The quantitative estimate of drug-likeness (QED) is 0.811. The van der Waals surface area contributed by atoms with Crippen LogP contribution in [-0.4, -0.2) is 29.3 Å². The molecule has 0 atom stereocenters. The van der Waals surface area contributed by atoms with Gasteiger partial charge in [0.2, 0.25) is 5.76 Å². The maximum Gasteiger partial charge on any atom is 0.408 e. The number of carboxylic acid groups (broad SMARTS) is 1. The third-order valence-corrected chi connectivity index (χ3v) is 2.89. The predicted molar refractivity (Wildman–Crippen MR) is 90.6 cm³/mol. The minimum Gasteiger partial charge on any atom is -0.475 e. The van der Waals surface area contributed by atoms with Gasteiger partial charge < -0.3 is 19.6 Å². The second-order valence-electron chi connectivity index (χ2n) is 6.15. The van der Waals surface area contributed by atoms with Gasteiger partial charge in [-0.25, -0.2) is 9.59 Å². The Morgan fingerprint density at radius 3 is 2.64 bits per heavy atom. The first-order valence-electron chi connectivity index (χ1n) is 7.42. The Bertz CT molecular complexity index is 940. The molecule has 0 aliphatic heterocycles. The van der Waals surface area contributed by atoms with Crippen LogP contribution in [0, 0.1) is 11.8 Å². The summed E-state index contributed by atoms with van der Waals surface area (Å²) in [6.07, 6.45) is -0.567. The van der Waals surface area contributed by atoms with E-state index in [4.69, 9.17) is 14.3 Å². The van der Waals surface area contributed by atoms with Gasteiger partial charge in [0.25, 0.3) is 0 Å². The van der Waals surface area contributed by atoms with Crippen molar-refractivity contribution in [2.24, 2.45) is 0 Å². The van der Waals surface area contributed by atoms with Gasteiger partial charge in [-0.1, -0.05) is 11.8 Å². The zero-order chi connectivity index (χ0) is 18.6. The molecule has 0 unspecified atom stereocenters. The molecule has 0 bridgehead atoms. The summed E-state index contributed by atoms with van der Waals surface area (Å²) in [5.41, 5.74) is -0.344. The van der Waals surface area contributed by atoms with Gasteiger partial charge in [0.15, 0.2) is 5.43 Å². The van der Waals surface area contributed by atoms with E-state index in [-0.39, 0.29) is 17.5 Å². The summed E-state index contributed by atoms with van der Waals surface area (Å²) < 4.78 is 10.2. The van der Waals surface area contributed by atoms with Gasteiger partial charge >= 0.3 is 12.1 Å². The van der Waals surface area contributed by atoms with Crippen LogP contribution in [0.3, 0.4) is 0 Å². The minimum atomic E-state index is -1.31. The maximum atomic E-state index is 12.0. The number of hydrogen-bond donors (Lipinski definition) is 2. The second kappa shape index (κ2) is 7.09. The standard InChI is InChI=1S/C18H17NO6/c1-18(2,3)25-17(23)19-8-4-5-11-6-7-14-12(9-11)13(20)10-15(24-14)16(21)22/h6-7,9-10H,8H2,1-3H3,(H,19,23)(H,21,22). The lowest BCUT2D eigenvalue weighted by Gasteiger charge is -2.18. The Labute approximate surface area is 143 Å². The number of alkyl carbamates (subject to hydrolysis) is 1. The summed E-state index contributed by atoms with van der Waals surface area (Å²) in [5.74, 6) is 3.82. The predicted octanol–water partition coefficient (Wildman–Crippen LogP) is 2.37. The number of fused-ring (bicyclic) bond motifs is 1. The minimum absolute atomic E-state index is 0.0828. The number of carbonyl (C=O) groups is 2. The Hall–Kier alpha value is -3.27. The van der Waals surface area contributed by atoms with Crippen LogP contribution in [0.15, 0.2) is 33.5 Å². The van der Waals surface area contributed by atoms with Gasteiger partial charge in [0.1, 0.15) is 11.2 Å². The zero-order valence-corrected chi connectivity index (χ0v) is 14.0. The number of nitrogens with one attached hydrogen (secondary N) is 1. The second-order valence-corrected chi connectivity index (χ2v) is 6.15. The summed E-state index contributed by atoms with van der Waals surface area (Å²) >= 11 is 0. The van der Waals surface area contributed by atoms with Crippen molar-refractivity contribution in [3.05, 3.63) is 45.8 Å². The summed E-state index contributed by atoms with van der Waals surface area (Å²) in [7, 11) is 0. The van der Waals surface area contributed by atoms with Crippen LogP contribution >= 0.6 is 0 Å². The summed E-state index contributed by atoms with van der Waals surface area (Å²) in [4.78, 5) is 34.3.